The number of hydrogen-bond acceptors (Lipinski definition) is 4. The topological polar surface area (TPSA) is 55.6 Å². The summed E-state index contributed by atoms with van der Waals surface area (Å²) in [5.74, 6) is 0.820. The molecule has 2 aromatic rings. The SMILES string of the molecule is CNC(CCCc1nnn(C)n1)c1ccccc1. The Morgan fingerprint density at radius 3 is 2.67 bits per heavy atom. The van der Waals surface area contributed by atoms with Crippen molar-refractivity contribution in [2.45, 2.75) is 25.3 Å². The van der Waals surface area contributed by atoms with E-state index in [1.165, 1.54) is 10.4 Å². The van der Waals surface area contributed by atoms with Gasteiger partial charge < -0.3 is 5.32 Å². The first-order valence-corrected chi connectivity index (χ1v) is 6.24. The molecular weight excluding hydrogens is 226 g/mol. The van der Waals surface area contributed by atoms with E-state index in [2.05, 4.69) is 45.0 Å². The smallest absolute Gasteiger partial charge is 0.174 e. The zero-order chi connectivity index (χ0) is 12.8. The molecule has 0 spiro atoms. The Balaban J connectivity index is 1.84. The molecule has 0 amide bonds. The number of benzene rings is 1. The summed E-state index contributed by atoms with van der Waals surface area (Å²) in [6, 6.07) is 10.9. The van der Waals surface area contributed by atoms with Gasteiger partial charge in [-0.05, 0) is 30.7 Å². The molecule has 1 unspecified atom stereocenters. The normalized spacial score (nSPS) is 12.6. The Morgan fingerprint density at radius 2 is 2.06 bits per heavy atom. The van der Waals surface area contributed by atoms with Gasteiger partial charge in [-0.15, -0.1) is 10.2 Å². The number of nitrogens with zero attached hydrogens (tertiary/aromatic N) is 4. The summed E-state index contributed by atoms with van der Waals surface area (Å²) < 4.78 is 0. The summed E-state index contributed by atoms with van der Waals surface area (Å²) in [6.45, 7) is 0. The van der Waals surface area contributed by atoms with Gasteiger partial charge in [-0.3, -0.25) is 0 Å². The Kier molecular flexibility index (Phi) is 4.41. The van der Waals surface area contributed by atoms with E-state index < -0.39 is 0 Å². The minimum absolute atomic E-state index is 0.392. The van der Waals surface area contributed by atoms with Crippen LogP contribution >= 0.6 is 0 Å². The third-order valence-electron chi connectivity index (χ3n) is 2.99. The maximum atomic E-state index is 4.18. The standard InChI is InChI=1S/C13H19N5/c1-14-12(11-7-4-3-5-8-11)9-6-10-13-15-17-18(2)16-13/h3-5,7-8,12,14H,6,9-10H2,1-2H3. The highest BCUT2D eigenvalue weighted by Crippen LogP contribution is 2.18. The number of aryl methyl sites for hydroxylation is 2. The van der Waals surface area contributed by atoms with Crippen LogP contribution in [-0.4, -0.2) is 27.3 Å². The zero-order valence-electron chi connectivity index (χ0n) is 10.9. The van der Waals surface area contributed by atoms with Crippen molar-refractivity contribution in [1.82, 2.24) is 25.5 Å². The van der Waals surface area contributed by atoms with Gasteiger partial charge in [0, 0.05) is 12.5 Å². The van der Waals surface area contributed by atoms with E-state index in [-0.39, 0.29) is 0 Å². The first-order valence-electron chi connectivity index (χ1n) is 6.24. The van der Waals surface area contributed by atoms with E-state index in [9.17, 15) is 0 Å². The molecule has 0 saturated heterocycles. The molecule has 1 aromatic heterocycles. The second-order valence-corrected chi connectivity index (χ2v) is 4.34. The Labute approximate surface area is 107 Å². The Bertz CT molecular complexity index is 465. The molecule has 0 fully saturated rings. The molecule has 1 N–H and O–H groups in total. The van der Waals surface area contributed by atoms with Crippen LogP contribution in [0.4, 0.5) is 0 Å². The Hall–Kier alpha value is -1.75. The molecule has 96 valence electrons. The molecule has 5 nitrogen and oxygen atoms in total. The van der Waals surface area contributed by atoms with Crippen LogP contribution < -0.4 is 5.32 Å². The summed E-state index contributed by atoms with van der Waals surface area (Å²) in [6.07, 6.45) is 2.99. The van der Waals surface area contributed by atoms with E-state index in [0.29, 0.717) is 6.04 Å². The summed E-state index contributed by atoms with van der Waals surface area (Å²) in [5.41, 5.74) is 1.33. The van der Waals surface area contributed by atoms with Crippen LogP contribution in [0.15, 0.2) is 30.3 Å². The van der Waals surface area contributed by atoms with Gasteiger partial charge in [-0.25, -0.2) is 0 Å². The van der Waals surface area contributed by atoms with Crippen molar-refractivity contribution in [3.63, 3.8) is 0 Å². The number of nitrogens with one attached hydrogen (secondary N) is 1. The van der Waals surface area contributed by atoms with Crippen molar-refractivity contribution in [3.8, 4) is 0 Å². The van der Waals surface area contributed by atoms with E-state index in [1.807, 2.05) is 13.1 Å². The van der Waals surface area contributed by atoms with Gasteiger partial charge in [0.15, 0.2) is 5.82 Å². The van der Waals surface area contributed by atoms with Crippen LogP contribution in [0, 0.1) is 0 Å². The van der Waals surface area contributed by atoms with E-state index >= 15 is 0 Å². The first kappa shape index (κ1) is 12.7. The first-order chi connectivity index (χ1) is 8.79. The lowest BCUT2D eigenvalue weighted by molar-refractivity contribution is 0.522. The quantitative estimate of drug-likeness (QED) is 0.838. The summed E-state index contributed by atoms with van der Waals surface area (Å²) in [5, 5.41) is 15.4. The number of hydrogen-bond donors (Lipinski definition) is 1. The van der Waals surface area contributed by atoms with E-state index in [0.717, 1.165) is 25.1 Å². The second kappa shape index (κ2) is 6.26. The molecule has 0 aliphatic heterocycles. The molecule has 0 aliphatic carbocycles. The lowest BCUT2D eigenvalue weighted by atomic mass is 10.0. The van der Waals surface area contributed by atoms with Gasteiger partial charge in [0.05, 0.1) is 7.05 Å². The fraction of sp³-hybridized carbons (Fsp3) is 0.462. The molecule has 1 atom stereocenters. The summed E-state index contributed by atoms with van der Waals surface area (Å²) in [7, 11) is 3.79. The molecule has 0 bridgehead atoms. The highest BCUT2D eigenvalue weighted by atomic mass is 15.6. The number of tetrazole rings is 1. The maximum absolute atomic E-state index is 4.18. The van der Waals surface area contributed by atoms with Gasteiger partial charge in [-0.1, -0.05) is 30.3 Å². The van der Waals surface area contributed by atoms with Crippen molar-refractivity contribution < 1.29 is 0 Å². The second-order valence-electron chi connectivity index (χ2n) is 4.34. The van der Waals surface area contributed by atoms with Gasteiger partial charge in [0.2, 0.25) is 0 Å². The highest BCUT2D eigenvalue weighted by molar-refractivity contribution is 5.18. The molecule has 5 heteroatoms. The average molecular weight is 245 g/mol. The highest BCUT2D eigenvalue weighted by Gasteiger charge is 2.09. The van der Waals surface area contributed by atoms with Crippen LogP contribution in [0.2, 0.25) is 0 Å². The summed E-state index contributed by atoms with van der Waals surface area (Å²) in [4.78, 5) is 1.50. The molecule has 1 aromatic carbocycles. The molecule has 18 heavy (non-hydrogen) atoms. The fourth-order valence-electron chi connectivity index (χ4n) is 2.05. The lowest BCUT2D eigenvalue weighted by Gasteiger charge is -2.15. The zero-order valence-corrected chi connectivity index (χ0v) is 10.9. The largest absolute Gasteiger partial charge is 0.313 e. The van der Waals surface area contributed by atoms with Crippen molar-refractivity contribution in [2.24, 2.45) is 7.05 Å². The van der Waals surface area contributed by atoms with Gasteiger partial charge in [0.25, 0.3) is 0 Å². The Morgan fingerprint density at radius 1 is 1.28 bits per heavy atom. The van der Waals surface area contributed by atoms with Crippen LogP contribution in [-0.2, 0) is 13.5 Å². The minimum atomic E-state index is 0.392. The average Bonchev–Trinajstić information content (AvgIpc) is 2.81. The molecule has 1 heterocycles. The fourth-order valence-corrected chi connectivity index (χ4v) is 2.05. The predicted molar refractivity (Wildman–Crippen MR) is 70.0 cm³/mol. The van der Waals surface area contributed by atoms with Crippen LogP contribution in [0.5, 0.6) is 0 Å². The third kappa shape index (κ3) is 3.37. The predicted octanol–water partition coefficient (Wildman–Crippen LogP) is 1.49. The van der Waals surface area contributed by atoms with Gasteiger partial charge in [0.1, 0.15) is 0 Å². The molecule has 2 rings (SSSR count). The summed E-state index contributed by atoms with van der Waals surface area (Å²) >= 11 is 0. The van der Waals surface area contributed by atoms with Crippen molar-refractivity contribution in [1.29, 1.82) is 0 Å². The monoisotopic (exact) mass is 245 g/mol. The molecule has 0 aliphatic rings. The third-order valence-corrected chi connectivity index (χ3v) is 2.99. The van der Waals surface area contributed by atoms with Gasteiger partial charge >= 0.3 is 0 Å². The molecule has 0 saturated carbocycles. The number of rotatable bonds is 6. The molecular formula is C13H19N5. The van der Waals surface area contributed by atoms with Gasteiger partial charge in [-0.2, -0.15) is 4.80 Å². The maximum Gasteiger partial charge on any atom is 0.174 e. The van der Waals surface area contributed by atoms with E-state index in [4.69, 9.17) is 0 Å². The number of aromatic nitrogens is 4. The van der Waals surface area contributed by atoms with E-state index in [1.54, 1.807) is 7.05 Å². The van der Waals surface area contributed by atoms with Crippen molar-refractivity contribution >= 4 is 0 Å². The minimum Gasteiger partial charge on any atom is -0.313 e. The molecule has 0 radical (unpaired) electrons. The lowest BCUT2D eigenvalue weighted by Crippen LogP contribution is -2.16. The van der Waals surface area contributed by atoms with Crippen LogP contribution in [0.25, 0.3) is 0 Å². The van der Waals surface area contributed by atoms with Crippen molar-refractivity contribution in [3.05, 3.63) is 41.7 Å². The van der Waals surface area contributed by atoms with Crippen LogP contribution in [0.1, 0.15) is 30.3 Å². The van der Waals surface area contributed by atoms with Crippen LogP contribution in [0.3, 0.4) is 0 Å². The van der Waals surface area contributed by atoms with Crippen molar-refractivity contribution in [2.75, 3.05) is 7.05 Å².